The van der Waals surface area contributed by atoms with Gasteiger partial charge in [-0.1, -0.05) is 30.9 Å². The third-order valence-corrected chi connectivity index (χ3v) is 5.08. The standard InChI is InChI=1S/C22H26ClN3O2/c1-28-16-9-11-19-18(14-16)22(17-10-8-15(23)13-20(17)26-19)25-12-6-4-2-3-5-7-21(24)27/h8-11,13-14H,2-7,12H2,1H3,(H2,24,27)(H,25,26). The lowest BCUT2D eigenvalue weighted by atomic mass is 10.1. The van der Waals surface area contributed by atoms with Gasteiger partial charge in [-0.3, -0.25) is 4.79 Å². The smallest absolute Gasteiger partial charge is 0.217 e. The SMILES string of the molecule is COc1ccc2nc3cc(Cl)ccc3c(NCCCCCCCC(N)=O)c2c1. The first-order chi connectivity index (χ1) is 13.6. The average molecular weight is 400 g/mol. The van der Waals surface area contributed by atoms with E-state index in [2.05, 4.69) is 5.32 Å². The van der Waals surface area contributed by atoms with E-state index in [1.807, 2.05) is 36.4 Å². The number of carbonyl (C=O) groups is 1. The maximum Gasteiger partial charge on any atom is 0.217 e. The number of unbranched alkanes of at least 4 members (excludes halogenated alkanes) is 4. The normalized spacial score (nSPS) is 11.1. The van der Waals surface area contributed by atoms with Gasteiger partial charge in [0.25, 0.3) is 0 Å². The Bertz CT molecular complexity index is 975. The van der Waals surface area contributed by atoms with Crippen molar-refractivity contribution in [3.63, 3.8) is 0 Å². The Morgan fingerprint density at radius 1 is 1.04 bits per heavy atom. The second-order valence-electron chi connectivity index (χ2n) is 6.94. The molecule has 148 valence electrons. The van der Waals surface area contributed by atoms with Gasteiger partial charge in [-0.25, -0.2) is 4.98 Å². The van der Waals surface area contributed by atoms with Crippen LogP contribution in [0.4, 0.5) is 5.69 Å². The number of primary amides is 1. The predicted molar refractivity (Wildman–Crippen MR) is 116 cm³/mol. The first-order valence-corrected chi connectivity index (χ1v) is 10.1. The Balaban J connectivity index is 1.73. The van der Waals surface area contributed by atoms with Crippen molar-refractivity contribution in [1.82, 2.24) is 4.98 Å². The van der Waals surface area contributed by atoms with Crippen molar-refractivity contribution < 1.29 is 9.53 Å². The molecule has 0 aliphatic heterocycles. The van der Waals surface area contributed by atoms with Gasteiger partial charge in [0.05, 0.1) is 23.8 Å². The van der Waals surface area contributed by atoms with E-state index >= 15 is 0 Å². The molecule has 3 aromatic rings. The molecule has 3 N–H and O–H groups in total. The number of aromatic nitrogens is 1. The molecule has 0 aliphatic carbocycles. The van der Waals surface area contributed by atoms with Gasteiger partial charge in [-0.15, -0.1) is 0 Å². The quantitative estimate of drug-likeness (QED) is 0.358. The van der Waals surface area contributed by atoms with E-state index in [9.17, 15) is 4.79 Å². The number of halogens is 1. The molecule has 0 unspecified atom stereocenters. The maximum atomic E-state index is 10.8. The molecule has 0 saturated heterocycles. The van der Waals surface area contributed by atoms with Gasteiger partial charge >= 0.3 is 0 Å². The molecule has 0 radical (unpaired) electrons. The molecule has 0 aliphatic rings. The summed E-state index contributed by atoms with van der Waals surface area (Å²) in [7, 11) is 1.67. The van der Waals surface area contributed by atoms with Crippen molar-refractivity contribution in [2.45, 2.75) is 38.5 Å². The number of benzene rings is 2. The minimum absolute atomic E-state index is 0.214. The molecule has 28 heavy (non-hydrogen) atoms. The lowest BCUT2D eigenvalue weighted by molar-refractivity contribution is -0.118. The average Bonchev–Trinajstić information content (AvgIpc) is 2.68. The third kappa shape index (κ3) is 5.04. The van der Waals surface area contributed by atoms with Crippen LogP contribution in [0.5, 0.6) is 5.75 Å². The molecular formula is C22H26ClN3O2. The Morgan fingerprint density at radius 2 is 1.82 bits per heavy atom. The number of rotatable bonds is 10. The molecule has 1 amide bonds. The number of amides is 1. The zero-order valence-corrected chi connectivity index (χ0v) is 16.9. The Hall–Kier alpha value is -2.53. The number of methoxy groups -OCH3 is 1. The number of hydrogen-bond acceptors (Lipinski definition) is 4. The summed E-state index contributed by atoms with van der Waals surface area (Å²) in [6, 6.07) is 11.7. The first-order valence-electron chi connectivity index (χ1n) is 9.67. The second kappa shape index (κ2) is 9.60. The Kier molecular flexibility index (Phi) is 6.93. The van der Waals surface area contributed by atoms with Crippen LogP contribution < -0.4 is 15.8 Å². The van der Waals surface area contributed by atoms with Gasteiger partial charge < -0.3 is 15.8 Å². The summed E-state index contributed by atoms with van der Waals surface area (Å²) < 4.78 is 5.40. The monoisotopic (exact) mass is 399 g/mol. The summed E-state index contributed by atoms with van der Waals surface area (Å²) in [5, 5.41) is 6.36. The minimum atomic E-state index is -0.214. The van der Waals surface area contributed by atoms with E-state index in [0.717, 1.165) is 71.9 Å². The second-order valence-corrected chi connectivity index (χ2v) is 7.38. The van der Waals surface area contributed by atoms with E-state index in [1.54, 1.807) is 7.11 Å². The van der Waals surface area contributed by atoms with E-state index in [-0.39, 0.29) is 5.91 Å². The van der Waals surface area contributed by atoms with Gasteiger partial charge in [0, 0.05) is 28.8 Å². The van der Waals surface area contributed by atoms with Gasteiger partial charge in [0.15, 0.2) is 0 Å². The van der Waals surface area contributed by atoms with E-state index in [1.165, 1.54) is 0 Å². The number of anilines is 1. The summed E-state index contributed by atoms with van der Waals surface area (Å²) in [6.07, 6.45) is 5.68. The van der Waals surface area contributed by atoms with Crippen LogP contribution in [0.3, 0.4) is 0 Å². The molecule has 0 spiro atoms. The number of nitrogens with one attached hydrogen (secondary N) is 1. The van der Waals surface area contributed by atoms with E-state index in [0.29, 0.717) is 11.4 Å². The van der Waals surface area contributed by atoms with Crippen LogP contribution in [0.25, 0.3) is 21.8 Å². The number of nitrogens with zero attached hydrogens (tertiary/aromatic N) is 1. The van der Waals surface area contributed by atoms with Gasteiger partial charge in [0.1, 0.15) is 5.75 Å². The van der Waals surface area contributed by atoms with Crippen LogP contribution in [-0.4, -0.2) is 24.5 Å². The number of pyridine rings is 1. The van der Waals surface area contributed by atoms with Crippen molar-refractivity contribution >= 4 is 45.0 Å². The number of ether oxygens (including phenoxy) is 1. The molecule has 1 aromatic heterocycles. The largest absolute Gasteiger partial charge is 0.497 e. The maximum absolute atomic E-state index is 10.8. The highest BCUT2D eigenvalue weighted by Crippen LogP contribution is 2.34. The summed E-state index contributed by atoms with van der Waals surface area (Å²) in [4.78, 5) is 15.5. The molecule has 0 saturated carbocycles. The minimum Gasteiger partial charge on any atom is -0.497 e. The highest BCUT2D eigenvalue weighted by atomic mass is 35.5. The van der Waals surface area contributed by atoms with Crippen LogP contribution in [0.1, 0.15) is 38.5 Å². The van der Waals surface area contributed by atoms with E-state index in [4.69, 9.17) is 27.1 Å². The molecule has 0 fully saturated rings. The zero-order valence-electron chi connectivity index (χ0n) is 16.1. The van der Waals surface area contributed by atoms with Crippen LogP contribution in [-0.2, 0) is 4.79 Å². The van der Waals surface area contributed by atoms with Crippen LogP contribution in [0.15, 0.2) is 36.4 Å². The molecule has 0 atom stereocenters. The van der Waals surface area contributed by atoms with Gasteiger partial charge in [-0.2, -0.15) is 0 Å². The number of carbonyl (C=O) groups excluding carboxylic acids is 1. The lowest BCUT2D eigenvalue weighted by Gasteiger charge is -2.14. The van der Waals surface area contributed by atoms with Crippen molar-refractivity contribution in [2.75, 3.05) is 19.0 Å². The Morgan fingerprint density at radius 3 is 2.61 bits per heavy atom. The first kappa shape index (κ1) is 20.2. The lowest BCUT2D eigenvalue weighted by Crippen LogP contribution is -2.09. The van der Waals surface area contributed by atoms with Crippen molar-refractivity contribution in [3.8, 4) is 5.75 Å². The van der Waals surface area contributed by atoms with Crippen LogP contribution >= 0.6 is 11.6 Å². The number of hydrogen-bond donors (Lipinski definition) is 2. The third-order valence-electron chi connectivity index (χ3n) is 4.84. The molecule has 1 heterocycles. The molecule has 2 aromatic carbocycles. The number of fused-ring (bicyclic) bond motifs is 2. The predicted octanol–water partition coefficient (Wildman–Crippen LogP) is 5.29. The molecule has 0 bridgehead atoms. The molecule has 6 heteroatoms. The fourth-order valence-electron chi connectivity index (χ4n) is 3.38. The summed E-state index contributed by atoms with van der Waals surface area (Å²) in [6.45, 7) is 0.865. The van der Waals surface area contributed by atoms with E-state index < -0.39 is 0 Å². The highest BCUT2D eigenvalue weighted by Gasteiger charge is 2.10. The van der Waals surface area contributed by atoms with Crippen molar-refractivity contribution in [3.05, 3.63) is 41.4 Å². The zero-order chi connectivity index (χ0) is 19.9. The molecule has 5 nitrogen and oxygen atoms in total. The van der Waals surface area contributed by atoms with Gasteiger partial charge in [-0.05, 0) is 49.2 Å². The van der Waals surface area contributed by atoms with Crippen LogP contribution in [0.2, 0.25) is 5.02 Å². The Labute approximate surface area is 170 Å². The van der Waals surface area contributed by atoms with Crippen LogP contribution in [0, 0.1) is 0 Å². The topological polar surface area (TPSA) is 77.2 Å². The fraction of sp³-hybridized carbons (Fsp3) is 0.364. The number of nitrogens with two attached hydrogens (primary N) is 1. The highest BCUT2D eigenvalue weighted by molar-refractivity contribution is 6.31. The summed E-state index contributed by atoms with van der Waals surface area (Å²) >= 11 is 6.17. The summed E-state index contributed by atoms with van der Waals surface area (Å²) in [5.41, 5.74) is 8.01. The molecule has 3 rings (SSSR count). The van der Waals surface area contributed by atoms with Crippen molar-refractivity contribution in [2.24, 2.45) is 5.73 Å². The fourth-order valence-corrected chi connectivity index (χ4v) is 3.55. The van der Waals surface area contributed by atoms with Gasteiger partial charge in [0.2, 0.25) is 5.91 Å². The molecular weight excluding hydrogens is 374 g/mol. The van der Waals surface area contributed by atoms with Crippen molar-refractivity contribution in [1.29, 1.82) is 0 Å². The summed E-state index contributed by atoms with van der Waals surface area (Å²) in [5.74, 6) is 0.591.